The number of hydrogen-bond donors (Lipinski definition) is 0. The van der Waals surface area contributed by atoms with Gasteiger partial charge in [-0.15, -0.1) is 0 Å². The summed E-state index contributed by atoms with van der Waals surface area (Å²) in [4.78, 5) is 27.4. The average Bonchev–Trinajstić information content (AvgIpc) is 2.92. The number of hydrogen-bond acceptors (Lipinski definition) is 5. The Morgan fingerprint density at radius 3 is 2.35 bits per heavy atom. The second kappa shape index (κ2) is 11.6. The van der Waals surface area contributed by atoms with Crippen molar-refractivity contribution in [1.82, 2.24) is 4.90 Å². The van der Waals surface area contributed by atoms with E-state index in [2.05, 4.69) is 0 Å². The lowest BCUT2D eigenvalue weighted by Gasteiger charge is -2.27. The molecule has 0 radical (unpaired) electrons. The largest absolute Gasteiger partial charge is 0.493 e. The lowest BCUT2D eigenvalue weighted by atomic mass is 9.93. The van der Waals surface area contributed by atoms with E-state index < -0.39 is 11.8 Å². The van der Waals surface area contributed by atoms with Crippen molar-refractivity contribution in [2.75, 3.05) is 13.7 Å². The van der Waals surface area contributed by atoms with E-state index in [1.54, 1.807) is 43.3 Å². The monoisotopic (exact) mass is 512 g/mol. The second-order valence-electron chi connectivity index (χ2n) is 8.49. The van der Waals surface area contributed by atoms with E-state index in [4.69, 9.17) is 21.1 Å². The number of imide groups is 1. The number of methoxy groups -OCH3 is 1. The predicted octanol–water partition coefficient (Wildman–Crippen LogP) is 5.76. The van der Waals surface area contributed by atoms with Gasteiger partial charge >= 0.3 is 0 Å². The van der Waals surface area contributed by atoms with Crippen LogP contribution in [0.4, 0.5) is 0 Å². The van der Waals surface area contributed by atoms with E-state index in [0.717, 1.165) is 16.0 Å². The van der Waals surface area contributed by atoms with Crippen LogP contribution in [0, 0.1) is 11.3 Å². The molecule has 3 aromatic rings. The molecule has 6 nitrogen and oxygen atoms in total. The Kier molecular flexibility index (Phi) is 8.07. The maximum Gasteiger partial charge on any atom is 0.271 e. The molecule has 0 spiro atoms. The van der Waals surface area contributed by atoms with Gasteiger partial charge in [-0.3, -0.25) is 14.5 Å². The fraction of sp³-hybridized carbons (Fsp3) is 0.167. The summed E-state index contributed by atoms with van der Waals surface area (Å²) in [6.45, 7) is 2.13. The predicted molar refractivity (Wildman–Crippen MR) is 142 cm³/mol. The van der Waals surface area contributed by atoms with Crippen LogP contribution in [0.2, 0.25) is 5.02 Å². The van der Waals surface area contributed by atoms with Gasteiger partial charge in [0.15, 0.2) is 11.5 Å². The highest BCUT2D eigenvalue weighted by molar-refractivity contribution is 6.30. The van der Waals surface area contributed by atoms with E-state index in [1.165, 1.54) is 7.11 Å². The van der Waals surface area contributed by atoms with Crippen molar-refractivity contribution >= 4 is 29.5 Å². The molecule has 1 heterocycles. The maximum absolute atomic E-state index is 13.4. The van der Waals surface area contributed by atoms with Gasteiger partial charge in [0.2, 0.25) is 0 Å². The average molecular weight is 513 g/mol. The topological polar surface area (TPSA) is 79.6 Å². The molecule has 0 aliphatic carbocycles. The van der Waals surface area contributed by atoms with Crippen LogP contribution in [-0.2, 0) is 22.6 Å². The van der Waals surface area contributed by atoms with Crippen molar-refractivity contribution in [2.24, 2.45) is 0 Å². The second-order valence-corrected chi connectivity index (χ2v) is 8.93. The number of carbonyl (C=O) groups excluding carboxylic acids is 2. The minimum atomic E-state index is -0.568. The lowest BCUT2D eigenvalue weighted by Crippen LogP contribution is -2.43. The van der Waals surface area contributed by atoms with Crippen molar-refractivity contribution in [3.05, 3.63) is 111 Å². The van der Waals surface area contributed by atoms with Crippen LogP contribution in [0.15, 0.2) is 89.5 Å². The molecule has 2 amide bonds. The zero-order valence-corrected chi connectivity index (χ0v) is 21.3. The molecule has 7 heteroatoms. The molecular formula is C30H25ClN2O4. The third kappa shape index (κ3) is 5.91. The first-order valence-electron chi connectivity index (χ1n) is 11.7. The van der Waals surface area contributed by atoms with Crippen molar-refractivity contribution in [2.45, 2.75) is 20.0 Å². The van der Waals surface area contributed by atoms with Gasteiger partial charge in [-0.05, 0) is 65.9 Å². The van der Waals surface area contributed by atoms with E-state index in [1.807, 2.05) is 48.5 Å². The third-order valence-corrected chi connectivity index (χ3v) is 6.35. The van der Waals surface area contributed by atoms with Gasteiger partial charge in [-0.25, -0.2) is 0 Å². The highest BCUT2D eigenvalue weighted by Gasteiger charge is 2.35. The number of nitriles is 1. The number of ether oxygens (including phenoxy) is 2. The van der Waals surface area contributed by atoms with Gasteiger partial charge < -0.3 is 9.47 Å². The smallest absolute Gasteiger partial charge is 0.271 e. The lowest BCUT2D eigenvalue weighted by molar-refractivity contribution is -0.140. The molecule has 186 valence electrons. The summed E-state index contributed by atoms with van der Waals surface area (Å²) in [6, 6.07) is 24.2. The minimum Gasteiger partial charge on any atom is -0.493 e. The summed E-state index contributed by atoms with van der Waals surface area (Å²) in [5.74, 6) is 0.0333. The number of carbonyl (C=O) groups is 2. The molecule has 0 saturated heterocycles. The summed E-state index contributed by atoms with van der Waals surface area (Å²) < 4.78 is 11.4. The number of amides is 2. The van der Waals surface area contributed by atoms with Crippen LogP contribution in [0.25, 0.3) is 6.08 Å². The first-order valence-corrected chi connectivity index (χ1v) is 12.1. The van der Waals surface area contributed by atoms with Crippen LogP contribution < -0.4 is 9.47 Å². The van der Waals surface area contributed by atoms with Crippen LogP contribution in [0.3, 0.4) is 0 Å². The number of halogens is 1. The van der Waals surface area contributed by atoms with Crippen LogP contribution in [0.1, 0.15) is 23.6 Å². The molecule has 0 saturated carbocycles. The summed E-state index contributed by atoms with van der Waals surface area (Å²) >= 11 is 5.94. The molecule has 1 aliphatic rings. The first-order chi connectivity index (χ1) is 17.9. The molecular weight excluding hydrogens is 488 g/mol. The minimum absolute atomic E-state index is 0.0335. The third-order valence-electron chi connectivity index (χ3n) is 6.10. The van der Waals surface area contributed by atoms with Crippen LogP contribution in [0.5, 0.6) is 11.5 Å². The number of benzene rings is 3. The Balaban J connectivity index is 1.59. The highest BCUT2D eigenvalue weighted by atomic mass is 35.5. The Labute approximate surface area is 221 Å². The van der Waals surface area contributed by atoms with Gasteiger partial charge in [-0.2, -0.15) is 5.26 Å². The quantitative estimate of drug-likeness (QED) is 0.283. The Hall–Kier alpha value is -4.34. The Morgan fingerprint density at radius 2 is 1.68 bits per heavy atom. The number of rotatable bonds is 8. The van der Waals surface area contributed by atoms with Gasteiger partial charge in [0, 0.05) is 17.1 Å². The fourth-order valence-corrected chi connectivity index (χ4v) is 4.15. The molecule has 0 N–H and O–H groups in total. The molecule has 0 atom stereocenters. The van der Waals surface area contributed by atoms with Crippen LogP contribution >= 0.6 is 11.6 Å². The Bertz CT molecular complexity index is 1420. The van der Waals surface area contributed by atoms with E-state index in [-0.39, 0.29) is 12.1 Å². The van der Waals surface area contributed by atoms with E-state index >= 15 is 0 Å². The van der Waals surface area contributed by atoms with Gasteiger partial charge in [0.25, 0.3) is 11.8 Å². The molecule has 1 aliphatic heterocycles. The summed E-state index contributed by atoms with van der Waals surface area (Å²) in [7, 11) is 1.54. The summed E-state index contributed by atoms with van der Waals surface area (Å²) in [6.07, 6.45) is 2.17. The standard InChI is InChI=1S/C30H25ClN2O4/c1-20-25(29(34)33(30(35)26(20)18-32)15-14-21-6-4-3-5-7-21)16-23-10-13-27(28(17-23)36-2)37-19-22-8-11-24(31)12-9-22/h3-13,16-17H,14-15,19H2,1-2H3/b25-16+. The normalized spacial score (nSPS) is 14.6. The molecule has 0 aromatic heterocycles. The maximum atomic E-state index is 13.4. The number of nitrogens with zero attached hydrogens (tertiary/aromatic N) is 2. The zero-order valence-electron chi connectivity index (χ0n) is 20.5. The van der Waals surface area contributed by atoms with Gasteiger partial charge in [-0.1, -0.05) is 60.1 Å². The molecule has 0 unspecified atom stereocenters. The van der Waals surface area contributed by atoms with E-state index in [9.17, 15) is 14.9 Å². The zero-order chi connectivity index (χ0) is 26.4. The van der Waals surface area contributed by atoms with Crippen molar-refractivity contribution in [1.29, 1.82) is 5.26 Å². The molecule has 0 bridgehead atoms. The van der Waals surface area contributed by atoms with Gasteiger partial charge in [0.1, 0.15) is 18.2 Å². The van der Waals surface area contributed by atoms with Crippen LogP contribution in [-0.4, -0.2) is 30.4 Å². The Morgan fingerprint density at radius 1 is 0.946 bits per heavy atom. The molecule has 4 rings (SSSR count). The van der Waals surface area contributed by atoms with Gasteiger partial charge in [0.05, 0.1) is 7.11 Å². The van der Waals surface area contributed by atoms with Crippen molar-refractivity contribution < 1.29 is 19.1 Å². The first kappa shape index (κ1) is 25.7. The molecule has 3 aromatic carbocycles. The van der Waals surface area contributed by atoms with Crippen molar-refractivity contribution in [3.8, 4) is 17.6 Å². The molecule has 0 fully saturated rings. The van der Waals surface area contributed by atoms with E-state index in [0.29, 0.717) is 46.3 Å². The SMILES string of the molecule is COc1cc(/C=C2/C(=O)N(CCc3ccccc3)C(=O)C(C#N)=C2C)ccc1OCc1ccc(Cl)cc1. The summed E-state index contributed by atoms with van der Waals surface area (Å²) in [5.41, 5.74) is 3.24. The highest BCUT2D eigenvalue weighted by Crippen LogP contribution is 2.32. The summed E-state index contributed by atoms with van der Waals surface area (Å²) in [5, 5.41) is 10.3. The fourth-order valence-electron chi connectivity index (χ4n) is 4.02. The molecule has 37 heavy (non-hydrogen) atoms. The van der Waals surface area contributed by atoms with Crippen molar-refractivity contribution in [3.63, 3.8) is 0 Å².